The summed E-state index contributed by atoms with van der Waals surface area (Å²) in [5, 5.41) is 1.93. The molecule has 3 aromatic carbocycles. The number of para-hydroxylation sites is 1. The highest BCUT2D eigenvalue weighted by atomic mass is 32.2. The van der Waals surface area contributed by atoms with Gasteiger partial charge in [-0.25, -0.2) is 8.42 Å². The van der Waals surface area contributed by atoms with Gasteiger partial charge in [-0.2, -0.15) is 4.31 Å². The van der Waals surface area contributed by atoms with Gasteiger partial charge in [0.25, 0.3) is 0 Å². The number of carbonyl (C=O) groups is 1. The van der Waals surface area contributed by atoms with Crippen molar-refractivity contribution in [3.63, 3.8) is 0 Å². The van der Waals surface area contributed by atoms with Gasteiger partial charge < -0.3 is 4.90 Å². The van der Waals surface area contributed by atoms with E-state index >= 15 is 0 Å². The van der Waals surface area contributed by atoms with Gasteiger partial charge in [0.2, 0.25) is 15.9 Å². The van der Waals surface area contributed by atoms with Gasteiger partial charge in [-0.05, 0) is 59.7 Å². The number of rotatable bonds is 3. The molecule has 0 aromatic heterocycles. The Bertz CT molecular complexity index is 1260. The molecule has 0 aliphatic carbocycles. The monoisotopic (exact) mass is 448 g/mol. The molecule has 32 heavy (non-hydrogen) atoms. The van der Waals surface area contributed by atoms with Gasteiger partial charge in [0.05, 0.1) is 4.90 Å². The molecule has 1 amide bonds. The van der Waals surface area contributed by atoms with Crippen LogP contribution in [-0.4, -0.2) is 38.3 Å². The van der Waals surface area contributed by atoms with Crippen LogP contribution in [0.1, 0.15) is 37.7 Å². The highest BCUT2D eigenvalue weighted by Gasteiger charge is 2.36. The summed E-state index contributed by atoms with van der Waals surface area (Å²) in [6.07, 6.45) is 2.07. The van der Waals surface area contributed by atoms with Gasteiger partial charge in [0.15, 0.2) is 0 Å². The minimum atomic E-state index is -3.57. The van der Waals surface area contributed by atoms with Crippen LogP contribution in [0.15, 0.2) is 71.6 Å². The lowest BCUT2D eigenvalue weighted by Crippen LogP contribution is -2.46. The summed E-state index contributed by atoms with van der Waals surface area (Å²) in [7, 11) is -3.57. The molecule has 0 saturated carbocycles. The number of hydrogen-bond donors (Lipinski definition) is 0. The predicted molar refractivity (Wildman–Crippen MR) is 127 cm³/mol. The van der Waals surface area contributed by atoms with Crippen molar-refractivity contribution in [2.75, 3.05) is 24.5 Å². The van der Waals surface area contributed by atoms with Gasteiger partial charge >= 0.3 is 0 Å². The average molecular weight is 449 g/mol. The van der Waals surface area contributed by atoms with Crippen LogP contribution < -0.4 is 4.90 Å². The summed E-state index contributed by atoms with van der Waals surface area (Å²) >= 11 is 0. The molecule has 166 valence electrons. The van der Waals surface area contributed by atoms with Crippen LogP contribution in [0.2, 0.25) is 0 Å². The minimum absolute atomic E-state index is 0.132. The maximum Gasteiger partial charge on any atom is 0.243 e. The molecule has 2 aliphatic rings. The van der Waals surface area contributed by atoms with Gasteiger partial charge in [-0.3, -0.25) is 4.79 Å². The maximum absolute atomic E-state index is 13.4. The smallest absolute Gasteiger partial charge is 0.243 e. The highest BCUT2D eigenvalue weighted by Crippen LogP contribution is 2.36. The second-order valence-corrected chi connectivity index (χ2v) is 10.9. The van der Waals surface area contributed by atoms with Crippen LogP contribution in [0.5, 0.6) is 0 Å². The van der Waals surface area contributed by atoms with E-state index in [0.29, 0.717) is 36.7 Å². The SMILES string of the molecule is CC1CCN(C(=O)C2CCN(S(=O)(=O)c3ccc4ccccc4c3)CC2)c2ccccc21. The standard InChI is InChI=1S/C26H28N2O3S/c1-19-12-17-28(25-9-5-4-8-24(19)25)26(29)21-13-15-27(16-14-21)32(30,31)23-11-10-20-6-2-3-7-22(20)18-23/h2-11,18-19,21H,12-17H2,1H3. The average Bonchev–Trinajstić information content (AvgIpc) is 2.84. The molecule has 6 heteroatoms. The normalized spacial score (nSPS) is 20.3. The lowest BCUT2D eigenvalue weighted by molar-refractivity contribution is -0.123. The molecule has 1 atom stereocenters. The summed E-state index contributed by atoms with van der Waals surface area (Å²) < 4.78 is 28.0. The number of nitrogens with zero attached hydrogens (tertiary/aromatic N) is 2. The molecule has 1 unspecified atom stereocenters. The Labute approximate surface area is 189 Å². The summed E-state index contributed by atoms with van der Waals surface area (Å²) in [6, 6.07) is 21.2. The predicted octanol–water partition coefficient (Wildman–Crippen LogP) is 4.78. The quantitative estimate of drug-likeness (QED) is 0.579. The highest BCUT2D eigenvalue weighted by molar-refractivity contribution is 7.89. The fourth-order valence-electron chi connectivity index (χ4n) is 5.02. The number of amides is 1. The Morgan fingerprint density at radius 1 is 0.844 bits per heavy atom. The van der Waals surface area contributed by atoms with Crippen LogP contribution in [0.25, 0.3) is 10.8 Å². The Balaban J connectivity index is 1.30. The third-order valence-electron chi connectivity index (χ3n) is 6.97. The summed E-state index contributed by atoms with van der Waals surface area (Å²) in [6.45, 7) is 3.68. The van der Waals surface area contributed by atoms with Crippen LogP contribution in [0.4, 0.5) is 5.69 Å². The second kappa shape index (κ2) is 8.34. The van der Waals surface area contributed by atoms with Crippen molar-refractivity contribution >= 4 is 32.4 Å². The largest absolute Gasteiger partial charge is 0.312 e. The van der Waals surface area contributed by atoms with E-state index < -0.39 is 10.0 Å². The van der Waals surface area contributed by atoms with Gasteiger partial charge in [0, 0.05) is 31.2 Å². The number of sulfonamides is 1. The number of fused-ring (bicyclic) bond motifs is 2. The molecule has 0 radical (unpaired) electrons. The molecule has 5 rings (SSSR count). The van der Waals surface area contributed by atoms with E-state index in [4.69, 9.17) is 0 Å². The molecule has 2 aliphatic heterocycles. The summed E-state index contributed by atoms with van der Waals surface area (Å²) in [5.41, 5.74) is 2.24. The van der Waals surface area contributed by atoms with Crippen LogP contribution in [-0.2, 0) is 14.8 Å². The number of piperidine rings is 1. The molecule has 1 saturated heterocycles. The molecule has 0 bridgehead atoms. The van der Waals surface area contributed by atoms with Crippen molar-refractivity contribution in [1.82, 2.24) is 4.31 Å². The van der Waals surface area contributed by atoms with E-state index in [1.54, 1.807) is 12.1 Å². The van der Waals surface area contributed by atoms with Crippen LogP contribution in [0.3, 0.4) is 0 Å². The molecular weight excluding hydrogens is 420 g/mol. The number of carbonyl (C=O) groups excluding carboxylic acids is 1. The zero-order chi connectivity index (χ0) is 22.3. The van der Waals surface area contributed by atoms with Gasteiger partial charge in [-0.15, -0.1) is 0 Å². The van der Waals surface area contributed by atoms with Crippen LogP contribution >= 0.6 is 0 Å². The van der Waals surface area contributed by atoms with Crippen molar-refractivity contribution in [1.29, 1.82) is 0 Å². The third-order valence-corrected chi connectivity index (χ3v) is 8.87. The number of anilines is 1. The Hall–Kier alpha value is -2.70. The van der Waals surface area contributed by atoms with Crippen molar-refractivity contribution < 1.29 is 13.2 Å². The van der Waals surface area contributed by atoms with E-state index in [9.17, 15) is 13.2 Å². The fraction of sp³-hybridized carbons (Fsp3) is 0.346. The molecule has 0 N–H and O–H groups in total. The molecule has 0 spiro atoms. The molecule has 1 fully saturated rings. The summed E-state index contributed by atoms with van der Waals surface area (Å²) in [5.74, 6) is 0.441. The number of hydrogen-bond acceptors (Lipinski definition) is 3. The van der Waals surface area contributed by atoms with E-state index in [0.717, 1.165) is 29.4 Å². The lowest BCUT2D eigenvalue weighted by atomic mass is 9.89. The molecule has 3 aromatic rings. The zero-order valence-electron chi connectivity index (χ0n) is 18.3. The van der Waals surface area contributed by atoms with E-state index in [-0.39, 0.29) is 11.8 Å². The Kier molecular flexibility index (Phi) is 5.51. The van der Waals surface area contributed by atoms with Crippen molar-refractivity contribution in [3.8, 4) is 0 Å². The topological polar surface area (TPSA) is 57.7 Å². The first kappa shape index (κ1) is 21.2. The van der Waals surface area contributed by atoms with E-state index in [2.05, 4.69) is 13.0 Å². The Morgan fingerprint density at radius 2 is 1.53 bits per heavy atom. The molecular formula is C26H28N2O3S. The van der Waals surface area contributed by atoms with E-state index in [1.165, 1.54) is 9.87 Å². The van der Waals surface area contributed by atoms with Crippen molar-refractivity contribution in [2.45, 2.75) is 37.0 Å². The van der Waals surface area contributed by atoms with Gasteiger partial charge in [0.1, 0.15) is 0 Å². The van der Waals surface area contributed by atoms with Gasteiger partial charge in [-0.1, -0.05) is 55.5 Å². The first-order valence-electron chi connectivity index (χ1n) is 11.3. The summed E-state index contributed by atoms with van der Waals surface area (Å²) in [4.78, 5) is 15.6. The maximum atomic E-state index is 13.4. The first-order chi connectivity index (χ1) is 15.4. The Morgan fingerprint density at radius 3 is 2.31 bits per heavy atom. The number of benzene rings is 3. The van der Waals surface area contributed by atoms with Crippen molar-refractivity contribution in [3.05, 3.63) is 72.3 Å². The fourth-order valence-corrected chi connectivity index (χ4v) is 6.52. The zero-order valence-corrected chi connectivity index (χ0v) is 19.1. The minimum Gasteiger partial charge on any atom is -0.312 e. The second-order valence-electron chi connectivity index (χ2n) is 8.93. The van der Waals surface area contributed by atoms with Crippen LogP contribution in [0, 0.1) is 5.92 Å². The molecule has 2 heterocycles. The first-order valence-corrected chi connectivity index (χ1v) is 12.8. The lowest BCUT2D eigenvalue weighted by Gasteiger charge is -2.37. The van der Waals surface area contributed by atoms with Crippen molar-refractivity contribution in [2.24, 2.45) is 5.92 Å². The van der Waals surface area contributed by atoms with E-state index in [1.807, 2.05) is 53.4 Å². The molecule has 5 nitrogen and oxygen atoms in total. The third kappa shape index (κ3) is 3.71.